The Hall–Kier alpha value is -4.44. The van der Waals surface area contributed by atoms with Crippen LogP contribution >= 0.6 is 0 Å². The molecule has 10 heteroatoms. The van der Waals surface area contributed by atoms with Gasteiger partial charge in [-0.15, -0.1) is 0 Å². The highest BCUT2D eigenvalue weighted by Gasteiger charge is 2.47. The second-order valence-electron chi connectivity index (χ2n) is 9.73. The number of carbonyl (C=O) groups is 1. The van der Waals surface area contributed by atoms with Crippen molar-refractivity contribution < 1.29 is 23.4 Å². The van der Waals surface area contributed by atoms with Gasteiger partial charge in [0.2, 0.25) is 5.43 Å². The maximum atomic E-state index is 15.7. The molecule has 3 aliphatic rings. The fourth-order valence-corrected chi connectivity index (χ4v) is 5.95. The number of morpholine rings is 1. The van der Waals surface area contributed by atoms with E-state index in [1.807, 2.05) is 40.8 Å². The number of hydrogen-bond acceptors (Lipinski definition) is 5. The van der Waals surface area contributed by atoms with Crippen molar-refractivity contribution in [2.45, 2.75) is 25.2 Å². The number of para-hydroxylation sites is 1. The Kier molecular flexibility index (Phi) is 4.80. The Balaban J connectivity index is 1.58. The van der Waals surface area contributed by atoms with E-state index >= 15 is 4.39 Å². The average Bonchev–Trinajstić information content (AvgIpc) is 3.35. The number of benzene rings is 2. The van der Waals surface area contributed by atoms with Gasteiger partial charge in [0.15, 0.2) is 23.1 Å². The Morgan fingerprint density at radius 3 is 2.63 bits per heavy atom. The molecule has 0 spiro atoms. The smallest absolute Gasteiger partial charge is 0.278 e. The second-order valence-corrected chi connectivity index (χ2v) is 9.73. The summed E-state index contributed by atoms with van der Waals surface area (Å²) in [7, 11) is 0. The van der Waals surface area contributed by atoms with Crippen molar-refractivity contribution in [2.75, 3.05) is 18.2 Å². The minimum absolute atomic E-state index is 0.0940. The molecule has 4 aromatic rings. The lowest BCUT2D eigenvalue weighted by Crippen LogP contribution is -2.67. The van der Waals surface area contributed by atoms with Crippen molar-refractivity contribution in [1.82, 2.24) is 14.1 Å². The lowest BCUT2D eigenvalue weighted by Gasteiger charge is -2.52. The van der Waals surface area contributed by atoms with E-state index in [0.29, 0.717) is 11.3 Å². The van der Waals surface area contributed by atoms with E-state index in [1.165, 1.54) is 16.9 Å². The molecule has 192 valence electrons. The van der Waals surface area contributed by atoms with Crippen molar-refractivity contribution in [3.8, 4) is 22.7 Å². The molecule has 8 nitrogen and oxygen atoms in total. The van der Waals surface area contributed by atoms with Crippen molar-refractivity contribution in [2.24, 2.45) is 0 Å². The van der Waals surface area contributed by atoms with Crippen LogP contribution in [-0.4, -0.2) is 50.6 Å². The number of aromatic nitrogens is 2. The molecule has 1 saturated heterocycles. The van der Waals surface area contributed by atoms with Crippen LogP contribution in [0.25, 0.3) is 16.9 Å². The second kappa shape index (κ2) is 8.03. The van der Waals surface area contributed by atoms with Gasteiger partial charge in [0, 0.05) is 36.1 Å². The Bertz CT molecular complexity index is 1700. The van der Waals surface area contributed by atoms with Gasteiger partial charge >= 0.3 is 0 Å². The van der Waals surface area contributed by atoms with Crippen LogP contribution in [0.2, 0.25) is 0 Å². The summed E-state index contributed by atoms with van der Waals surface area (Å²) in [6, 6.07) is 14.1. The molecule has 2 aromatic carbocycles. The predicted octanol–water partition coefficient (Wildman–Crippen LogP) is 3.53. The van der Waals surface area contributed by atoms with Gasteiger partial charge in [0.25, 0.3) is 5.91 Å². The molecule has 0 aliphatic carbocycles. The van der Waals surface area contributed by atoms with E-state index in [0.717, 1.165) is 17.3 Å². The van der Waals surface area contributed by atoms with Crippen LogP contribution in [0.15, 0.2) is 71.8 Å². The highest BCUT2D eigenvalue weighted by atomic mass is 19.2. The largest absolute Gasteiger partial charge is 0.502 e. The van der Waals surface area contributed by atoms with E-state index in [-0.39, 0.29) is 30.5 Å². The van der Waals surface area contributed by atoms with E-state index in [2.05, 4.69) is 0 Å². The summed E-state index contributed by atoms with van der Waals surface area (Å²) in [6.07, 6.45) is 2.28. The van der Waals surface area contributed by atoms with E-state index in [4.69, 9.17) is 4.74 Å². The molecule has 1 N–H and O–H groups in total. The number of fused-ring (bicyclic) bond motifs is 7. The van der Waals surface area contributed by atoms with Crippen molar-refractivity contribution in [3.05, 3.63) is 106 Å². The minimum Gasteiger partial charge on any atom is -0.502 e. The molecule has 5 heterocycles. The third-order valence-electron chi connectivity index (χ3n) is 7.60. The molecule has 38 heavy (non-hydrogen) atoms. The van der Waals surface area contributed by atoms with Gasteiger partial charge < -0.3 is 19.3 Å². The van der Waals surface area contributed by atoms with Crippen molar-refractivity contribution in [1.29, 1.82) is 0 Å². The van der Waals surface area contributed by atoms with E-state index < -0.39 is 40.9 Å². The summed E-state index contributed by atoms with van der Waals surface area (Å²) in [5.74, 6) is -3.14. The number of pyridine rings is 1. The molecule has 2 aromatic heterocycles. The molecular weight excluding hydrogens is 494 g/mol. The quantitative estimate of drug-likeness (QED) is 0.419. The first-order valence-electron chi connectivity index (χ1n) is 12.3. The fourth-order valence-electron chi connectivity index (χ4n) is 5.95. The predicted molar refractivity (Wildman–Crippen MR) is 134 cm³/mol. The lowest BCUT2D eigenvalue weighted by atomic mass is 9.91. The van der Waals surface area contributed by atoms with Crippen LogP contribution in [0.1, 0.15) is 34.6 Å². The monoisotopic (exact) mass is 516 g/mol. The van der Waals surface area contributed by atoms with E-state index in [9.17, 15) is 19.1 Å². The Morgan fingerprint density at radius 2 is 1.79 bits per heavy atom. The number of rotatable bonds is 1. The molecule has 1 fully saturated rings. The van der Waals surface area contributed by atoms with Gasteiger partial charge in [0.05, 0.1) is 24.1 Å². The minimum atomic E-state index is -0.985. The zero-order valence-corrected chi connectivity index (χ0v) is 20.2. The number of carbonyl (C=O) groups excluding carboxylic acids is 1. The SMILES string of the molecule is CC1CN2C(=O)c3c(O)c(=O)ccn3N([C@@H]3c4ccccc4-n4cccc4-c4c3ccc(F)c4F)[C@@H]2CO1. The zero-order valence-electron chi connectivity index (χ0n) is 20.2. The van der Waals surface area contributed by atoms with Crippen LogP contribution in [0, 0.1) is 11.6 Å². The molecule has 0 bridgehead atoms. The number of amides is 1. The third kappa shape index (κ3) is 2.97. The highest BCUT2D eigenvalue weighted by molar-refractivity contribution is 5.96. The summed E-state index contributed by atoms with van der Waals surface area (Å²) >= 11 is 0. The lowest BCUT2D eigenvalue weighted by molar-refractivity contribution is -0.0575. The van der Waals surface area contributed by atoms with Crippen molar-refractivity contribution in [3.63, 3.8) is 0 Å². The molecule has 0 saturated carbocycles. The molecule has 0 radical (unpaired) electrons. The molecule has 3 aliphatic heterocycles. The van der Waals surface area contributed by atoms with Gasteiger partial charge in [0.1, 0.15) is 12.2 Å². The normalized spacial score (nSPS) is 21.7. The van der Waals surface area contributed by atoms with Crippen molar-refractivity contribution >= 4 is 5.91 Å². The van der Waals surface area contributed by atoms with Gasteiger partial charge in [-0.25, -0.2) is 8.78 Å². The maximum Gasteiger partial charge on any atom is 0.278 e. The molecule has 1 amide bonds. The van der Waals surface area contributed by atoms with Crippen LogP contribution in [-0.2, 0) is 4.74 Å². The van der Waals surface area contributed by atoms with Crippen LogP contribution in [0.5, 0.6) is 5.75 Å². The van der Waals surface area contributed by atoms with Crippen LogP contribution in [0.3, 0.4) is 0 Å². The first kappa shape index (κ1) is 22.7. The summed E-state index contributed by atoms with van der Waals surface area (Å²) in [5, 5.41) is 12.6. The number of aromatic hydroxyl groups is 1. The van der Waals surface area contributed by atoms with Crippen LogP contribution < -0.4 is 10.4 Å². The van der Waals surface area contributed by atoms with Gasteiger partial charge in [-0.05, 0) is 36.8 Å². The van der Waals surface area contributed by atoms with Gasteiger partial charge in [-0.1, -0.05) is 24.3 Å². The summed E-state index contributed by atoms with van der Waals surface area (Å²) in [5.41, 5.74) is 1.67. The first-order chi connectivity index (χ1) is 18.4. The van der Waals surface area contributed by atoms with Gasteiger partial charge in [-0.3, -0.25) is 19.3 Å². The molecule has 1 unspecified atom stereocenters. The summed E-state index contributed by atoms with van der Waals surface area (Å²) in [4.78, 5) is 27.6. The molecule has 7 rings (SSSR count). The number of ether oxygens (including phenoxy) is 1. The highest BCUT2D eigenvalue weighted by Crippen LogP contribution is 2.46. The van der Waals surface area contributed by atoms with Gasteiger partial charge in [-0.2, -0.15) is 0 Å². The number of nitrogens with zero attached hydrogens (tertiary/aromatic N) is 4. The van der Waals surface area contributed by atoms with E-state index in [1.54, 1.807) is 29.3 Å². The number of halogens is 2. The first-order valence-corrected chi connectivity index (χ1v) is 12.3. The third-order valence-corrected chi connectivity index (χ3v) is 7.60. The average molecular weight is 517 g/mol. The molecule has 3 atom stereocenters. The Morgan fingerprint density at radius 1 is 0.974 bits per heavy atom. The standard InChI is InChI=1S/C28H22F2N4O4/c1-15-13-32-22(14-38-15)34(33-12-10-21(35)27(36)26(33)28(32)37)25-16-5-2-3-6-19(16)31-11-4-7-20(31)23-17(25)8-9-18(29)24(23)30/h2-12,15,22,25,36H,13-14H2,1H3/t15?,22-,25-/m1/s1. The summed E-state index contributed by atoms with van der Waals surface area (Å²) < 4.78 is 39.6. The Labute approximate surface area is 215 Å². The maximum absolute atomic E-state index is 15.7. The molecular formula is C28H22F2N4O4. The number of hydrogen-bond donors (Lipinski definition) is 1. The zero-order chi connectivity index (χ0) is 26.3. The summed E-state index contributed by atoms with van der Waals surface area (Å²) in [6.45, 7) is 2.19. The fraction of sp³-hybridized carbons (Fsp3) is 0.214. The van der Waals surface area contributed by atoms with Crippen LogP contribution in [0.4, 0.5) is 8.78 Å². The topological polar surface area (TPSA) is 79.9 Å².